The van der Waals surface area contributed by atoms with Gasteiger partial charge in [0.2, 0.25) is 11.8 Å². The van der Waals surface area contributed by atoms with Crippen LogP contribution in [0, 0.1) is 11.6 Å². The van der Waals surface area contributed by atoms with E-state index in [2.05, 4.69) is 9.98 Å². The number of nitrogens with zero attached hydrogens (tertiary/aromatic N) is 2. The van der Waals surface area contributed by atoms with Crippen molar-refractivity contribution < 1.29 is 36.2 Å². The van der Waals surface area contributed by atoms with Crippen LogP contribution in [0.1, 0.15) is 11.1 Å². The molecule has 1 aliphatic rings. The van der Waals surface area contributed by atoms with E-state index >= 15 is 0 Å². The molecule has 0 bridgehead atoms. The number of alkyl halides is 3. The molecule has 13 heteroatoms. The number of benzene rings is 2. The van der Waals surface area contributed by atoms with Gasteiger partial charge in [-0.3, -0.25) is 0 Å². The summed E-state index contributed by atoms with van der Waals surface area (Å²) in [6.45, 7) is 0.00256. The first-order valence-electron chi connectivity index (χ1n) is 9.70. The Morgan fingerprint density at radius 3 is 2.26 bits per heavy atom. The lowest BCUT2D eigenvalue weighted by Gasteiger charge is -2.14. The fourth-order valence-electron chi connectivity index (χ4n) is 3.00. The number of aromatic nitrogens is 1. The molecular formula is C22H12Cl3F5N2O3. The summed E-state index contributed by atoms with van der Waals surface area (Å²) in [5, 5.41) is -0.468. The molecule has 1 atom stereocenters. The largest absolute Gasteiger partial charge is 0.491 e. The van der Waals surface area contributed by atoms with Crippen molar-refractivity contribution in [1.29, 1.82) is 0 Å². The van der Waals surface area contributed by atoms with Gasteiger partial charge in [-0.1, -0.05) is 40.9 Å². The van der Waals surface area contributed by atoms with Crippen molar-refractivity contribution >= 4 is 40.7 Å². The maximum atomic E-state index is 13.9. The second-order valence-corrected chi connectivity index (χ2v) is 8.36. The highest BCUT2D eigenvalue weighted by molar-refractivity contribution is 6.37. The Morgan fingerprint density at radius 2 is 1.66 bits per heavy atom. The number of hydrogen-bond acceptors (Lipinski definition) is 5. The predicted molar refractivity (Wildman–Crippen MR) is 119 cm³/mol. The van der Waals surface area contributed by atoms with E-state index in [1.54, 1.807) is 0 Å². The quantitative estimate of drug-likeness (QED) is 0.300. The zero-order valence-electron chi connectivity index (χ0n) is 17.2. The fraction of sp³-hybridized carbons (Fsp3) is 0.182. The highest BCUT2D eigenvalue weighted by atomic mass is 35.5. The summed E-state index contributed by atoms with van der Waals surface area (Å²) in [6.07, 6.45) is -4.06. The van der Waals surface area contributed by atoms with E-state index in [9.17, 15) is 22.0 Å². The highest BCUT2D eigenvalue weighted by Crippen LogP contribution is 2.41. The molecule has 1 aliphatic heterocycles. The molecule has 0 saturated heterocycles. The minimum atomic E-state index is -4.62. The third kappa shape index (κ3) is 5.71. The van der Waals surface area contributed by atoms with Crippen LogP contribution >= 0.6 is 34.8 Å². The molecule has 0 radical (unpaired) electrons. The molecular weight excluding hydrogens is 542 g/mol. The molecule has 35 heavy (non-hydrogen) atoms. The van der Waals surface area contributed by atoms with Crippen LogP contribution in [0.25, 0.3) is 0 Å². The van der Waals surface area contributed by atoms with Crippen molar-refractivity contribution in [2.75, 3.05) is 13.2 Å². The molecule has 0 N–H and O–H groups in total. The first-order chi connectivity index (χ1) is 16.5. The molecule has 2 heterocycles. The van der Waals surface area contributed by atoms with Gasteiger partial charge in [0, 0.05) is 18.3 Å². The SMILES string of the molecule is Fc1cccc(F)c1C1=NC(COc2cc(Cl)c(Oc3ncc(C(F)(F)F)cc3Cl)c(Cl)c2)CO1. The van der Waals surface area contributed by atoms with Gasteiger partial charge in [-0.25, -0.2) is 18.8 Å². The molecule has 0 amide bonds. The minimum absolute atomic E-state index is 0.0290. The molecule has 3 aromatic rings. The van der Waals surface area contributed by atoms with Crippen molar-refractivity contribution in [2.24, 2.45) is 4.99 Å². The molecule has 0 saturated carbocycles. The average molecular weight is 554 g/mol. The Balaban J connectivity index is 1.45. The third-order valence-corrected chi connectivity index (χ3v) is 5.47. The van der Waals surface area contributed by atoms with Crippen LogP contribution < -0.4 is 9.47 Å². The Kier molecular flexibility index (Phi) is 7.25. The van der Waals surface area contributed by atoms with Gasteiger partial charge in [-0.05, 0) is 18.2 Å². The van der Waals surface area contributed by atoms with Crippen LogP contribution in [-0.4, -0.2) is 30.1 Å². The van der Waals surface area contributed by atoms with Gasteiger partial charge in [0.05, 0.1) is 15.6 Å². The standard InChI is InChI=1S/C22H12Cl3F5N2O3/c23-13-5-12(33-8-11-9-34-21(32-11)18-16(26)2-1-3-17(18)27)6-14(24)19(13)35-20-15(25)4-10(7-31-20)22(28,29)30/h1-7,11H,8-9H2. The number of pyridine rings is 1. The lowest BCUT2D eigenvalue weighted by atomic mass is 10.2. The van der Waals surface area contributed by atoms with E-state index in [-0.39, 0.29) is 52.1 Å². The van der Waals surface area contributed by atoms with E-state index in [0.717, 1.165) is 12.1 Å². The number of rotatable bonds is 6. The maximum absolute atomic E-state index is 13.9. The monoisotopic (exact) mass is 552 g/mol. The lowest BCUT2D eigenvalue weighted by Crippen LogP contribution is -2.17. The van der Waals surface area contributed by atoms with Crippen LogP contribution in [-0.2, 0) is 10.9 Å². The lowest BCUT2D eigenvalue weighted by molar-refractivity contribution is -0.137. The molecule has 5 nitrogen and oxygen atoms in total. The van der Waals surface area contributed by atoms with E-state index in [1.165, 1.54) is 18.2 Å². The molecule has 0 spiro atoms. The zero-order chi connectivity index (χ0) is 25.3. The van der Waals surface area contributed by atoms with Gasteiger partial charge in [0.15, 0.2) is 5.75 Å². The van der Waals surface area contributed by atoms with Crippen molar-refractivity contribution in [3.63, 3.8) is 0 Å². The van der Waals surface area contributed by atoms with Gasteiger partial charge in [0.1, 0.15) is 47.2 Å². The first kappa shape index (κ1) is 25.3. The molecule has 1 aromatic heterocycles. The highest BCUT2D eigenvalue weighted by Gasteiger charge is 2.32. The first-order valence-corrected chi connectivity index (χ1v) is 10.8. The van der Waals surface area contributed by atoms with E-state index < -0.39 is 34.4 Å². The Morgan fingerprint density at radius 1 is 1.00 bits per heavy atom. The van der Waals surface area contributed by atoms with Gasteiger partial charge < -0.3 is 14.2 Å². The zero-order valence-corrected chi connectivity index (χ0v) is 19.4. The smallest absolute Gasteiger partial charge is 0.417 e. The maximum Gasteiger partial charge on any atom is 0.417 e. The van der Waals surface area contributed by atoms with Crippen LogP contribution in [0.3, 0.4) is 0 Å². The minimum Gasteiger partial charge on any atom is -0.491 e. The van der Waals surface area contributed by atoms with E-state index in [4.69, 9.17) is 49.0 Å². The van der Waals surface area contributed by atoms with Crippen molar-refractivity contribution in [3.05, 3.63) is 80.4 Å². The second kappa shape index (κ2) is 10.0. The van der Waals surface area contributed by atoms with Crippen LogP contribution in [0.4, 0.5) is 22.0 Å². The van der Waals surface area contributed by atoms with Crippen LogP contribution in [0.5, 0.6) is 17.4 Å². The summed E-state index contributed by atoms with van der Waals surface area (Å²) >= 11 is 18.2. The van der Waals surface area contributed by atoms with E-state index in [1.807, 2.05) is 0 Å². The Bertz CT molecular complexity index is 1260. The molecule has 2 aromatic carbocycles. The van der Waals surface area contributed by atoms with Crippen LogP contribution in [0.15, 0.2) is 47.6 Å². The summed E-state index contributed by atoms with van der Waals surface area (Å²) < 4.78 is 82.5. The Labute approximate surface area is 210 Å². The molecule has 184 valence electrons. The predicted octanol–water partition coefficient (Wildman–Crippen LogP) is 7.36. The average Bonchev–Trinajstić information content (AvgIpc) is 3.23. The van der Waals surface area contributed by atoms with Crippen molar-refractivity contribution in [2.45, 2.75) is 12.2 Å². The summed E-state index contributed by atoms with van der Waals surface area (Å²) in [5.41, 5.74) is -1.41. The van der Waals surface area contributed by atoms with Crippen molar-refractivity contribution in [1.82, 2.24) is 4.98 Å². The number of aliphatic imine (C=N–C) groups is 1. The third-order valence-electron chi connectivity index (χ3n) is 4.64. The molecule has 1 unspecified atom stereocenters. The molecule has 0 aliphatic carbocycles. The summed E-state index contributed by atoms with van der Waals surface area (Å²) in [6, 6.07) is 6.20. The fourth-order valence-corrected chi connectivity index (χ4v) is 3.75. The number of ether oxygens (including phenoxy) is 3. The van der Waals surface area contributed by atoms with Crippen LogP contribution in [0.2, 0.25) is 15.1 Å². The van der Waals surface area contributed by atoms with Gasteiger partial charge in [-0.2, -0.15) is 13.2 Å². The normalized spacial score (nSPS) is 15.5. The number of hydrogen-bond donors (Lipinski definition) is 0. The summed E-state index contributed by atoms with van der Waals surface area (Å²) in [7, 11) is 0. The topological polar surface area (TPSA) is 52.9 Å². The van der Waals surface area contributed by atoms with Gasteiger partial charge >= 0.3 is 6.18 Å². The summed E-state index contributed by atoms with van der Waals surface area (Å²) in [5.74, 6) is -2.00. The molecule has 0 fully saturated rings. The van der Waals surface area contributed by atoms with Gasteiger partial charge in [0.25, 0.3) is 0 Å². The van der Waals surface area contributed by atoms with Crippen molar-refractivity contribution in [3.8, 4) is 17.4 Å². The van der Waals surface area contributed by atoms with Gasteiger partial charge in [-0.15, -0.1) is 0 Å². The number of halogens is 8. The summed E-state index contributed by atoms with van der Waals surface area (Å²) in [4.78, 5) is 7.72. The Hall–Kier alpha value is -2.82. The second-order valence-electron chi connectivity index (χ2n) is 7.13. The molecule has 4 rings (SSSR count). The van der Waals surface area contributed by atoms with E-state index in [0.29, 0.717) is 12.3 Å².